The standard InChI is InChI=1S/C16H25N3O3S/c1-13-6-5-9-19(11-13)12-16(20)17-14-7-4-8-15(10-14)23(21,22)18(2)3/h4,7-8,10,13H,5-6,9,11-12H2,1-3H3,(H,17,20)/t13-/m1/s1. The minimum Gasteiger partial charge on any atom is -0.325 e. The van der Waals surface area contributed by atoms with Crippen LogP contribution in [-0.2, 0) is 14.8 Å². The van der Waals surface area contributed by atoms with Gasteiger partial charge in [0.25, 0.3) is 0 Å². The van der Waals surface area contributed by atoms with E-state index < -0.39 is 10.0 Å². The van der Waals surface area contributed by atoms with E-state index in [1.54, 1.807) is 12.1 Å². The fourth-order valence-electron chi connectivity index (χ4n) is 2.78. The van der Waals surface area contributed by atoms with Crippen LogP contribution in [0.25, 0.3) is 0 Å². The van der Waals surface area contributed by atoms with Gasteiger partial charge < -0.3 is 5.32 Å². The molecule has 128 valence electrons. The van der Waals surface area contributed by atoms with Crippen LogP contribution in [0, 0.1) is 5.92 Å². The van der Waals surface area contributed by atoms with E-state index in [1.807, 2.05) is 0 Å². The number of nitrogens with one attached hydrogen (secondary N) is 1. The second-order valence-electron chi connectivity index (χ2n) is 6.35. The van der Waals surface area contributed by atoms with E-state index in [1.165, 1.54) is 32.6 Å². The SMILES string of the molecule is C[C@@H]1CCCN(CC(=O)Nc2cccc(S(=O)(=O)N(C)C)c2)C1. The van der Waals surface area contributed by atoms with Crippen LogP contribution >= 0.6 is 0 Å². The van der Waals surface area contributed by atoms with Crippen LogP contribution in [0.2, 0.25) is 0 Å². The third-order valence-corrected chi connectivity index (χ3v) is 5.82. The van der Waals surface area contributed by atoms with Gasteiger partial charge in [-0.25, -0.2) is 12.7 Å². The summed E-state index contributed by atoms with van der Waals surface area (Å²) in [6.45, 7) is 4.41. The molecule has 1 fully saturated rings. The Morgan fingerprint density at radius 1 is 1.39 bits per heavy atom. The molecule has 0 bridgehead atoms. The second kappa shape index (κ2) is 7.42. The van der Waals surface area contributed by atoms with Crippen molar-refractivity contribution in [1.29, 1.82) is 0 Å². The van der Waals surface area contributed by atoms with Crippen molar-refractivity contribution in [2.24, 2.45) is 5.92 Å². The fraction of sp³-hybridized carbons (Fsp3) is 0.562. The van der Waals surface area contributed by atoms with Crippen molar-refractivity contribution < 1.29 is 13.2 Å². The van der Waals surface area contributed by atoms with Crippen LogP contribution in [0.1, 0.15) is 19.8 Å². The zero-order chi connectivity index (χ0) is 17.0. The summed E-state index contributed by atoms with van der Waals surface area (Å²) in [6, 6.07) is 6.35. The zero-order valence-electron chi connectivity index (χ0n) is 13.9. The number of rotatable bonds is 5. The highest BCUT2D eigenvalue weighted by Gasteiger charge is 2.20. The highest BCUT2D eigenvalue weighted by Crippen LogP contribution is 2.19. The van der Waals surface area contributed by atoms with Gasteiger partial charge in [-0.1, -0.05) is 13.0 Å². The molecule has 1 N–H and O–H groups in total. The summed E-state index contributed by atoms with van der Waals surface area (Å²) in [7, 11) is -0.530. The van der Waals surface area contributed by atoms with E-state index in [-0.39, 0.29) is 10.8 Å². The smallest absolute Gasteiger partial charge is 0.242 e. The Hall–Kier alpha value is -1.44. The van der Waals surface area contributed by atoms with E-state index in [0.29, 0.717) is 18.2 Å². The van der Waals surface area contributed by atoms with E-state index in [0.717, 1.165) is 23.8 Å². The van der Waals surface area contributed by atoms with Crippen LogP contribution in [0.3, 0.4) is 0 Å². The average molecular weight is 339 g/mol. The van der Waals surface area contributed by atoms with Crippen molar-refractivity contribution >= 4 is 21.6 Å². The lowest BCUT2D eigenvalue weighted by atomic mass is 10.0. The molecule has 0 radical (unpaired) electrons. The lowest BCUT2D eigenvalue weighted by molar-refractivity contribution is -0.117. The quantitative estimate of drug-likeness (QED) is 0.885. The Kier molecular flexibility index (Phi) is 5.78. The average Bonchev–Trinajstić information content (AvgIpc) is 2.47. The molecule has 1 aliphatic rings. The predicted molar refractivity (Wildman–Crippen MR) is 90.8 cm³/mol. The largest absolute Gasteiger partial charge is 0.325 e. The predicted octanol–water partition coefficient (Wildman–Crippen LogP) is 1.61. The number of sulfonamides is 1. The van der Waals surface area contributed by atoms with Gasteiger partial charge in [-0.05, 0) is 43.5 Å². The van der Waals surface area contributed by atoms with Gasteiger partial charge >= 0.3 is 0 Å². The molecule has 23 heavy (non-hydrogen) atoms. The zero-order valence-corrected chi connectivity index (χ0v) is 14.8. The van der Waals surface area contributed by atoms with Crippen molar-refractivity contribution in [1.82, 2.24) is 9.21 Å². The number of piperidine rings is 1. The molecule has 7 heteroatoms. The van der Waals surface area contributed by atoms with Gasteiger partial charge in [-0.2, -0.15) is 0 Å². The fourth-order valence-corrected chi connectivity index (χ4v) is 3.73. The van der Waals surface area contributed by atoms with Gasteiger partial charge in [0.05, 0.1) is 11.4 Å². The Morgan fingerprint density at radius 3 is 2.78 bits per heavy atom. The molecule has 6 nitrogen and oxygen atoms in total. The molecule has 0 spiro atoms. The first kappa shape index (κ1) is 17.9. The first-order chi connectivity index (χ1) is 10.8. The van der Waals surface area contributed by atoms with Crippen molar-refractivity contribution in [3.63, 3.8) is 0 Å². The summed E-state index contributed by atoms with van der Waals surface area (Å²) in [5.41, 5.74) is 0.503. The molecule has 1 saturated heterocycles. The van der Waals surface area contributed by atoms with E-state index in [9.17, 15) is 13.2 Å². The molecule has 1 amide bonds. The molecule has 0 aliphatic carbocycles. The van der Waals surface area contributed by atoms with Crippen molar-refractivity contribution in [3.05, 3.63) is 24.3 Å². The number of anilines is 1. The van der Waals surface area contributed by atoms with Crippen LogP contribution < -0.4 is 5.32 Å². The first-order valence-corrected chi connectivity index (χ1v) is 9.28. The molecule has 1 aromatic carbocycles. The second-order valence-corrected chi connectivity index (χ2v) is 8.50. The normalized spacial score (nSPS) is 19.7. The highest BCUT2D eigenvalue weighted by molar-refractivity contribution is 7.89. The van der Waals surface area contributed by atoms with Gasteiger partial charge in [0, 0.05) is 26.3 Å². The summed E-state index contributed by atoms with van der Waals surface area (Å²) < 4.78 is 25.4. The maximum Gasteiger partial charge on any atom is 0.242 e. The Labute approximate surface area is 138 Å². The molecule has 1 heterocycles. The lowest BCUT2D eigenvalue weighted by Gasteiger charge is -2.30. The topological polar surface area (TPSA) is 69.7 Å². The minimum absolute atomic E-state index is 0.112. The maximum atomic E-state index is 12.2. The molecule has 0 unspecified atom stereocenters. The molecule has 2 rings (SSSR count). The van der Waals surface area contributed by atoms with E-state index in [4.69, 9.17) is 0 Å². The van der Waals surface area contributed by atoms with E-state index >= 15 is 0 Å². The third kappa shape index (κ3) is 4.76. The lowest BCUT2D eigenvalue weighted by Crippen LogP contribution is -2.39. The molecule has 1 aromatic rings. The number of benzene rings is 1. The minimum atomic E-state index is -3.50. The van der Waals surface area contributed by atoms with Crippen LogP contribution in [-0.4, -0.2) is 57.3 Å². The molecular weight excluding hydrogens is 314 g/mol. The van der Waals surface area contributed by atoms with Gasteiger partial charge in [-0.3, -0.25) is 9.69 Å². The summed E-state index contributed by atoms with van der Waals surface area (Å²) in [5, 5.41) is 2.79. The number of amides is 1. The summed E-state index contributed by atoms with van der Waals surface area (Å²) >= 11 is 0. The number of carbonyl (C=O) groups excluding carboxylic acids is 1. The van der Waals surface area contributed by atoms with Crippen LogP contribution in [0.4, 0.5) is 5.69 Å². The number of hydrogen-bond acceptors (Lipinski definition) is 4. The van der Waals surface area contributed by atoms with Crippen LogP contribution in [0.15, 0.2) is 29.2 Å². The number of nitrogens with zero attached hydrogens (tertiary/aromatic N) is 2. The summed E-state index contributed by atoms with van der Waals surface area (Å²) in [6.07, 6.45) is 2.33. The van der Waals surface area contributed by atoms with Gasteiger partial charge in [0.15, 0.2) is 0 Å². The monoisotopic (exact) mass is 339 g/mol. The van der Waals surface area contributed by atoms with Crippen molar-refractivity contribution in [2.75, 3.05) is 39.0 Å². The van der Waals surface area contributed by atoms with Gasteiger partial charge in [-0.15, -0.1) is 0 Å². The Bertz CT molecular complexity index is 658. The maximum absolute atomic E-state index is 12.2. The first-order valence-electron chi connectivity index (χ1n) is 7.84. The summed E-state index contributed by atoms with van der Waals surface area (Å²) in [4.78, 5) is 14.5. The van der Waals surface area contributed by atoms with Crippen molar-refractivity contribution in [2.45, 2.75) is 24.7 Å². The number of hydrogen-bond donors (Lipinski definition) is 1. The molecular formula is C16H25N3O3S. The Balaban J connectivity index is 2.01. The third-order valence-electron chi connectivity index (χ3n) is 4.00. The highest BCUT2D eigenvalue weighted by atomic mass is 32.2. The van der Waals surface area contributed by atoms with Crippen molar-refractivity contribution in [3.8, 4) is 0 Å². The Morgan fingerprint density at radius 2 is 2.13 bits per heavy atom. The molecule has 0 saturated carbocycles. The van der Waals surface area contributed by atoms with E-state index in [2.05, 4.69) is 17.1 Å². The van der Waals surface area contributed by atoms with Gasteiger partial charge in [0.1, 0.15) is 0 Å². The van der Waals surface area contributed by atoms with Gasteiger partial charge in [0.2, 0.25) is 15.9 Å². The summed E-state index contributed by atoms with van der Waals surface area (Å²) in [5.74, 6) is 0.503. The molecule has 0 aromatic heterocycles. The number of carbonyl (C=O) groups is 1. The van der Waals surface area contributed by atoms with Crippen LogP contribution in [0.5, 0.6) is 0 Å². The molecule has 1 aliphatic heterocycles. The number of likely N-dealkylation sites (tertiary alicyclic amines) is 1. The molecule has 1 atom stereocenters.